The van der Waals surface area contributed by atoms with Gasteiger partial charge < -0.3 is 15.1 Å². The highest BCUT2D eigenvalue weighted by atomic mass is 19.4. The number of alkyl halides is 3. The lowest BCUT2D eigenvalue weighted by molar-refractivity contribution is -0.137. The van der Waals surface area contributed by atoms with E-state index in [0.717, 1.165) is 11.6 Å². The van der Waals surface area contributed by atoms with Crippen molar-refractivity contribution in [2.45, 2.75) is 57.9 Å². The molecule has 1 aliphatic heterocycles. The largest absolute Gasteiger partial charge is 0.417 e. The van der Waals surface area contributed by atoms with E-state index in [9.17, 15) is 18.0 Å². The molecular formula is C25H29F3N4O. The number of anilines is 1. The van der Waals surface area contributed by atoms with Crippen molar-refractivity contribution in [2.75, 3.05) is 18.0 Å². The van der Waals surface area contributed by atoms with Gasteiger partial charge in [0, 0.05) is 30.9 Å². The number of halogens is 3. The summed E-state index contributed by atoms with van der Waals surface area (Å²) in [5.74, 6) is 0. The summed E-state index contributed by atoms with van der Waals surface area (Å²) in [6.45, 7) is 8.52. The number of carbonyl (C=O) groups is 1. The normalized spacial score (nSPS) is 20.7. The summed E-state index contributed by atoms with van der Waals surface area (Å²) < 4.78 is 40.3. The molecule has 176 valence electrons. The molecule has 1 aliphatic rings. The Labute approximate surface area is 192 Å². The van der Waals surface area contributed by atoms with Crippen LogP contribution in [0.4, 0.5) is 23.7 Å². The van der Waals surface area contributed by atoms with Gasteiger partial charge in [-0.2, -0.15) is 18.4 Å². The van der Waals surface area contributed by atoms with Crippen LogP contribution in [0.2, 0.25) is 0 Å². The molecule has 2 aromatic carbocycles. The number of nitrogens with one attached hydrogen (secondary N) is 1. The Balaban J connectivity index is 1.79. The molecule has 1 N–H and O–H groups in total. The molecule has 1 fully saturated rings. The number of carbonyl (C=O) groups excluding carboxylic acids is 1. The zero-order valence-electron chi connectivity index (χ0n) is 19.3. The van der Waals surface area contributed by atoms with E-state index in [4.69, 9.17) is 5.26 Å². The number of benzene rings is 2. The minimum Gasteiger partial charge on any atom is -0.365 e. The molecule has 3 atom stereocenters. The van der Waals surface area contributed by atoms with Crippen LogP contribution in [0.15, 0.2) is 48.5 Å². The van der Waals surface area contributed by atoms with Gasteiger partial charge in [0.25, 0.3) is 0 Å². The average molecular weight is 459 g/mol. The van der Waals surface area contributed by atoms with E-state index < -0.39 is 22.8 Å². The molecule has 2 amide bonds. The zero-order valence-corrected chi connectivity index (χ0v) is 19.3. The molecule has 0 saturated carbocycles. The van der Waals surface area contributed by atoms with Crippen LogP contribution in [0, 0.1) is 11.3 Å². The smallest absolute Gasteiger partial charge is 0.365 e. The summed E-state index contributed by atoms with van der Waals surface area (Å²) in [5, 5.41) is 12.2. The Morgan fingerprint density at radius 3 is 2.36 bits per heavy atom. The summed E-state index contributed by atoms with van der Waals surface area (Å²) in [5.41, 5.74) is -0.470. The zero-order chi connectivity index (χ0) is 24.4. The van der Waals surface area contributed by atoms with Gasteiger partial charge in [-0.15, -0.1) is 0 Å². The molecule has 3 rings (SSSR count). The first-order valence-electron chi connectivity index (χ1n) is 11.0. The van der Waals surface area contributed by atoms with E-state index in [1.807, 2.05) is 62.9 Å². The van der Waals surface area contributed by atoms with Crippen LogP contribution in [0.5, 0.6) is 0 Å². The van der Waals surface area contributed by atoms with Gasteiger partial charge in [0.15, 0.2) is 0 Å². The monoisotopic (exact) mass is 458 g/mol. The number of hydrogen-bond donors (Lipinski definition) is 1. The Morgan fingerprint density at radius 2 is 1.79 bits per heavy atom. The third-order valence-electron chi connectivity index (χ3n) is 6.51. The molecule has 1 heterocycles. The van der Waals surface area contributed by atoms with Gasteiger partial charge >= 0.3 is 12.2 Å². The Morgan fingerprint density at radius 1 is 1.12 bits per heavy atom. The lowest BCUT2D eigenvalue weighted by atomic mass is 9.89. The standard InChI is InChI=1S/C25H29F3N4O/c1-5-24(4,20-9-7-6-8-10-20)30-23(33)32-16-17(2)31(15-18(32)3)21-12-11-19(14-29)22(13-21)25(26,27)28/h6-13,17-18H,5,15-16H2,1-4H3,(H,30,33)/t17-,18+,24?/m1/s1. The average Bonchev–Trinajstić information content (AvgIpc) is 2.79. The van der Waals surface area contributed by atoms with Crippen molar-refractivity contribution in [2.24, 2.45) is 0 Å². The highest BCUT2D eigenvalue weighted by molar-refractivity contribution is 5.76. The molecule has 5 nitrogen and oxygen atoms in total. The van der Waals surface area contributed by atoms with Gasteiger partial charge in [0.05, 0.1) is 22.7 Å². The van der Waals surface area contributed by atoms with Crippen LogP contribution in [0.1, 0.15) is 50.8 Å². The first-order chi connectivity index (χ1) is 15.5. The molecule has 8 heteroatoms. The minimum atomic E-state index is -4.61. The first-order valence-corrected chi connectivity index (χ1v) is 11.0. The molecule has 33 heavy (non-hydrogen) atoms. The quantitative estimate of drug-likeness (QED) is 0.657. The van der Waals surface area contributed by atoms with Crippen molar-refractivity contribution in [3.8, 4) is 6.07 Å². The van der Waals surface area contributed by atoms with Crippen molar-refractivity contribution in [3.63, 3.8) is 0 Å². The van der Waals surface area contributed by atoms with E-state index in [2.05, 4.69) is 5.32 Å². The van der Waals surface area contributed by atoms with Crippen LogP contribution in [-0.2, 0) is 11.7 Å². The SMILES string of the molecule is CCC(C)(NC(=O)N1C[C@@H](C)N(c2ccc(C#N)c(C(F)(F)F)c2)C[C@@H]1C)c1ccccc1. The summed E-state index contributed by atoms with van der Waals surface area (Å²) in [7, 11) is 0. The summed E-state index contributed by atoms with van der Waals surface area (Å²) >= 11 is 0. The van der Waals surface area contributed by atoms with Gasteiger partial charge in [0.2, 0.25) is 0 Å². The van der Waals surface area contributed by atoms with Crippen molar-refractivity contribution in [1.29, 1.82) is 5.26 Å². The fourth-order valence-electron chi connectivity index (χ4n) is 4.29. The fraction of sp³-hybridized carbons (Fsp3) is 0.440. The predicted molar refractivity (Wildman–Crippen MR) is 122 cm³/mol. The van der Waals surface area contributed by atoms with Gasteiger partial charge in [-0.05, 0) is 51.0 Å². The number of nitrogens with zero attached hydrogens (tertiary/aromatic N) is 3. The maximum absolute atomic E-state index is 13.4. The molecule has 0 radical (unpaired) electrons. The number of urea groups is 1. The Hall–Kier alpha value is -3.21. The van der Waals surface area contributed by atoms with Crippen molar-refractivity contribution < 1.29 is 18.0 Å². The number of piperazine rings is 1. The van der Waals surface area contributed by atoms with E-state index >= 15 is 0 Å². The number of amides is 2. The van der Waals surface area contributed by atoms with Gasteiger partial charge in [-0.1, -0.05) is 37.3 Å². The summed E-state index contributed by atoms with van der Waals surface area (Å²) in [4.78, 5) is 16.8. The van der Waals surface area contributed by atoms with Crippen LogP contribution < -0.4 is 10.2 Å². The number of rotatable bonds is 4. The molecule has 1 saturated heterocycles. The first kappa shape index (κ1) is 24.4. The second-order valence-electron chi connectivity index (χ2n) is 8.82. The highest BCUT2D eigenvalue weighted by Gasteiger charge is 2.38. The molecule has 0 spiro atoms. The topological polar surface area (TPSA) is 59.4 Å². The fourth-order valence-corrected chi connectivity index (χ4v) is 4.29. The molecule has 0 bridgehead atoms. The lowest BCUT2D eigenvalue weighted by Gasteiger charge is -2.46. The van der Waals surface area contributed by atoms with E-state index in [0.29, 0.717) is 25.2 Å². The maximum atomic E-state index is 13.4. The van der Waals surface area contributed by atoms with Gasteiger partial charge in [-0.3, -0.25) is 0 Å². The van der Waals surface area contributed by atoms with Crippen molar-refractivity contribution >= 4 is 11.7 Å². The predicted octanol–water partition coefficient (Wildman–Crippen LogP) is 5.51. The van der Waals surface area contributed by atoms with Gasteiger partial charge in [0.1, 0.15) is 0 Å². The second-order valence-corrected chi connectivity index (χ2v) is 8.82. The molecule has 2 aromatic rings. The van der Waals surface area contributed by atoms with E-state index in [1.165, 1.54) is 12.1 Å². The molecule has 1 unspecified atom stereocenters. The Kier molecular flexibility index (Phi) is 6.92. The van der Waals surface area contributed by atoms with Crippen molar-refractivity contribution in [1.82, 2.24) is 10.2 Å². The molecular weight excluding hydrogens is 429 g/mol. The highest BCUT2D eigenvalue weighted by Crippen LogP contribution is 2.35. The number of nitriles is 1. The third kappa shape index (κ3) is 5.08. The van der Waals surface area contributed by atoms with Crippen LogP contribution >= 0.6 is 0 Å². The Bertz CT molecular complexity index is 1030. The molecule has 0 aromatic heterocycles. The number of hydrogen-bond acceptors (Lipinski definition) is 3. The van der Waals surface area contributed by atoms with E-state index in [1.54, 1.807) is 11.0 Å². The van der Waals surface area contributed by atoms with E-state index in [-0.39, 0.29) is 18.1 Å². The summed E-state index contributed by atoms with van der Waals surface area (Å²) in [6.07, 6.45) is -3.90. The van der Waals surface area contributed by atoms with Crippen LogP contribution in [0.3, 0.4) is 0 Å². The maximum Gasteiger partial charge on any atom is 0.417 e. The lowest BCUT2D eigenvalue weighted by Crippen LogP contribution is -2.62. The second kappa shape index (κ2) is 9.34. The van der Waals surface area contributed by atoms with Crippen molar-refractivity contribution in [3.05, 3.63) is 65.2 Å². The van der Waals surface area contributed by atoms with Gasteiger partial charge in [-0.25, -0.2) is 4.79 Å². The third-order valence-corrected chi connectivity index (χ3v) is 6.51. The van der Waals surface area contributed by atoms with Crippen LogP contribution in [-0.4, -0.2) is 36.1 Å². The molecule has 0 aliphatic carbocycles. The van der Waals surface area contributed by atoms with Crippen LogP contribution in [0.25, 0.3) is 0 Å². The summed E-state index contributed by atoms with van der Waals surface area (Å²) in [6, 6.07) is 14.5. The minimum absolute atomic E-state index is 0.196.